The minimum atomic E-state index is -0.340. The number of fused-ring (bicyclic) bond motifs is 1. The second-order valence-electron chi connectivity index (χ2n) is 7.57. The fourth-order valence-corrected chi connectivity index (χ4v) is 3.62. The zero-order valence-electron chi connectivity index (χ0n) is 18.3. The Kier molecular flexibility index (Phi) is 6.64. The zero-order valence-corrected chi connectivity index (χ0v) is 18.3. The van der Waals surface area contributed by atoms with E-state index in [1.54, 1.807) is 22.8 Å². The largest absolute Gasteiger partial charge is 0.480 e. The lowest BCUT2D eigenvalue weighted by atomic mass is 10.1. The van der Waals surface area contributed by atoms with Crippen LogP contribution in [-0.2, 0) is 24.4 Å². The van der Waals surface area contributed by atoms with E-state index in [9.17, 15) is 14.0 Å². The van der Waals surface area contributed by atoms with Gasteiger partial charge in [-0.2, -0.15) is 0 Å². The summed E-state index contributed by atoms with van der Waals surface area (Å²) in [5.74, 6) is -0.619. The molecule has 0 saturated heterocycles. The summed E-state index contributed by atoms with van der Waals surface area (Å²) in [4.78, 5) is 34.2. The van der Waals surface area contributed by atoms with Crippen molar-refractivity contribution in [3.63, 3.8) is 0 Å². The summed E-state index contributed by atoms with van der Waals surface area (Å²) in [6, 6.07) is 7.20. The van der Waals surface area contributed by atoms with Gasteiger partial charge >= 0.3 is 0 Å². The van der Waals surface area contributed by atoms with Crippen LogP contribution < -0.4 is 15.4 Å². The summed E-state index contributed by atoms with van der Waals surface area (Å²) in [6.07, 6.45) is 2.99. The third-order valence-corrected chi connectivity index (χ3v) is 5.42. The average Bonchev–Trinajstić information content (AvgIpc) is 3.23. The maximum Gasteiger partial charge on any atom is 0.268 e. The van der Waals surface area contributed by atoms with Crippen LogP contribution in [0.25, 0.3) is 0 Å². The molecule has 3 heterocycles. The number of amides is 2. The molecule has 0 unspecified atom stereocenters. The van der Waals surface area contributed by atoms with Gasteiger partial charge in [-0.05, 0) is 30.7 Å². The molecule has 9 nitrogen and oxygen atoms in total. The number of nitrogens with one attached hydrogen (secondary N) is 2. The van der Waals surface area contributed by atoms with E-state index in [1.165, 1.54) is 31.6 Å². The van der Waals surface area contributed by atoms with Crippen molar-refractivity contribution in [3.05, 3.63) is 76.8 Å². The fraction of sp³-hybridized carbons (Fsp3) is 0.304. The average molecular weight is 453 g/mol. The van der Waals surface area contributed by atoms with Gasteiger partial charge in [-0.3, -0.25) is 14.6 Å². The van der Waals surface area contributed by atoms with Gasteiger partial charge in [-0.1, -0.05) is 12.1 Å². The van der Waals surface area contributed by atoms with Gasteiger partial charge in [0.1, 0.15) is 11.5 Å². The molecular weight excluding hydrogens is 429 g/mol. The predicted octanol–water partition coefficient (Wildman–Crippen LogP) is 2.38. The van der Waals surface area contributed by atoms with E-state index in [1.807, 2.05) is 6.92 Å². The third-order valence-electron chi connectivity index (χ3n) is 5.42. The molecule has 10 heteroatoms. The molecule has 1 atom stereocenters. The SMILES string of the molecule is COc1cnc(CNC(=O)c2cc(C(=O)N[C@H](C)c3ccc(F)cc3)n3c2COCC3)cn1. The summed E-state index contributed by atoms with van der Waals surface area (Å²) >= 11 is 0. The van der Waals surface area contributed by atoms with Gasteiger partial charge in [0, 0.05) is 6.54 Å². The minimum Gasteiger partial charge on any atom is -0.480 e. The van der Waals surface area contributed by atoms with Crippen molar-refractivity contribution in [2.75, 3.05) is 13.7 Å². The number of hydrogen-bond donors (Lipinski definition) is 2. The number of nitrogens with zero attached hydrogens (tertiary/aromatic N) is 3. The van der Waals surface area contributed by atoms with Gasteiger partial charge in [-0.15, -0.1) is 0 Å². The van der Waals surface area contributed by atoms with Gasteiger partial charge in [0.15, 0.2) is 0 Å². The number of rotatable bonds is 7. The van der Waals surface area contributed by atoms with E-state index in [2.05, 4.69) is 20.6 Å². The number of ether oxygens (including phenoxy) is 2. The number of methoxy groups -OCH3 is 1. The Bertz CT molecular complexity index is 1140. The molecule has 33 heavy (non-hydrogen) atoms. The fourth-order valence-electron chi connectivity index (χ4n) is 3.62. The summed E-state index contributed by atoms with van der Waals surface area (Å²) < 4.78 is 25.5. The monoisotopic (exact) mass is 453 g/mol. The molecule has 172 valence electrons. The van der Waals surface area contributed by atoms with Crippen molar-refractivity contribution < 1.29 is 23.5 Å². The maximum absolute atomic E-state index is 13.2. The van der Waals surface area contributed by atoms with Crippen LogP contribution in [0, 0.1) is 5.82 Å². The molecule has 2 amide bonds. The number of aromatic nitrogens is 3. The van der Waals surface area contributed by atoms with Gasteiger partial charge in [0.2, 0.25) is 5.88 Å². The lowest BCUT2D eigenvalue weighted by molar-refractivity contribution is 0.0776. The van der Waals surface area contributed by atoms with E-state index in [0.29, 0.717) is 41.7 Å². The van der Waals surface area contributed by atoms with Crippen LogP contribution in [0.1, 0.15) is 50.8 Å². The van der Waals surface area contributed by atoms with Crippen LogP contribution in [0.4, 0.5) is 4.39 Å². The summed E-state index contributed by atoms with van der Waals surface area (Å²) in [5, 5.41) is 5.73. The van der Waals surface area contributed by atoms with Gasteiger partial charge in [-0.25, -0.2) is 9.37 Å². The summed E-state index contributed by atoms with van der Waals surface area (Å²) in [5.41, 5.74) is 2.73. The molecule has 3 aromatic rings. The van der Waals surface area contributed by atoms with Crippen LogP contribution in [-0.4, -0.2) is 40.1 Å². The smallest absolute Gasteiger partial charge is 0.268 e. The molecule has 0 spiro atoms. The third kappa shape index (κ3) is 5.01. The first-order chi connectivity index (χ1) is 16.0. The van der Waals surface area contributed by atoms with Gasteiger partial charge in [0.25, 0.3) is 11.8 Å². The van der Waals surface area contributed by atoms with E-state index in [-0.39, 0.29) is 36.8 Å². The standard InChI is InChI=1S/C23H24FN5O4/c1-14(15-3-5-16(24)6-4-15)28-23(31)19-9-18(20-13-33-8-7-29(19)20)22(30)27-11-17-10-26-21(32-2)12-25-17/h3-6,9-10,12,14H,7-8,11,13H2,1-2H3,(H,27,30)(H,28,31)/t14-/m1/s1. The second-order valence-corrected chi connectivity index (χ2v) is 7.57. The Morgan fingerprint density at radius 2 is 2.00 bits per heavy atom. The highest BCUT2D eigenvalue weighted by molar-refractivity contribution is 6.00. The van der Waals surface area contributed by atoms with Crippen LogP contribution in [0.2, 0.25) is 0 Å². The number of carbonyl (C=O) groups is 2. The molecule has 1 aliphatic rings. The molecule has 4 rings (SSSR count). The van der Waals surface area contributed by atoms with Gasteiger partial charge < -0.3 is 24.7 Å². The number of carbonyl (C=O) groups excluding carboxylic acids is 2. The highest BCUT2D eigenvalue weighted by Gasteiger charge is 2.26. The first-order valence-corrected chi connectivity index (χ1v) is 10.5. The van der Waals surface area contributed by atoms with E-state index in [0.717, 1.165) is 5.56 Å². The van der Waals surface area contributed by atoms with Crippen molar-refractivity contribution in [3.8, 4) is 5.88 Å². The summed E-state index contributed by atoms with van der Waals surface area (Å²) in [7, 11) is 1.50. The van der Waals surface area contributed by atoms with Crippen LogP contribution in [0.5, 0.6) is 5.88 Å². The molecule has 0 aliphatic carbocycles. The van der Waals surface area contributed by atoms with Crippen molar-refractivity contribution in [1.29, 1.82) is 0 Å². The topological polar surface area (TPSA) is 107 Å². The van der Waals surface area contributed by atoms with E-state index in [4.69, 9.17) is 9.47 Å². The van der Waals surface area contributed by atoms with Crippen LogP contribution in [0.3, 0.4) is 0 Å². The molecule has 1 aromatic carbocycles. The Hall–Kier alpha value is -3.79. The summed E-state index contributed by atoms with van der Waals surface area (Å²) in [6.45, 7) is 3.12. The van der Waals surface area contributed by atoms with Crippen LogP contribution in [0.15, 0.2) is 42.7 Å². The molecule has 0 bridgehead atoms. The van der Waals surface area contributed by atoms with Crippen molar-refractivity contribution in [1.82, 2.24) is 25.2 Å². The number of benzene rings is 1. The number of hydrogen-bond acceptors (Lipinski definition) is 6. The zero-order chi connectivity index (χ0) is 23.4. The quantitative estimate of drug-likeness (QED) is 0.569. The van der Waals surface area contributed by atoms with Crippen LogP contribution >= 0.6 is 0 Å². The van der Waals surface area contributed by atoms with E-state index >= 15 is 0 Å². The molecule has 0 radical (unpaired) electrons. The molecule has 0 fully saturated rings. The van der Waals surface area contributed by atoms with Gasteiger partial charge in [0.05, 0.1) is 62.3 Å². The molecule has 2 N–H and O–H groups in total. The van der Waals surface area contributed by atoms with Crippen molar-refractivity contribution in [2.24, 2.45) is 0 Å². The predicted molar refractivity (Wildman–Crippen MR) is 116 cm³/mol. The minimum absolute atomic E-state index is 0.171. The Morgan fingerprint density at radius 3 is 2.70 bits per heavy atom. The normalized spacial score (nSPS) is 13.7. The first kappa shape index (κ1) is 22.4. The number of halogens is 1. The Morgan fingerprint density at radius 1 is 1.21 bits per heavy atom. The molecular formula is C23H24FN5O4. The van der Waals surface area contributed by atoms with Crippen molar-refractivity contribution >= 4 is 11.8 Å². The highest BCUT2D eigenvalue weighted by atomic mass is 19.1. The Labute approximate surface area is 189 Å². The lowest BCUT2D eigenvalue weighted by Gasteiger charge is -2.20. The van der Waals surface area contributed by atoms with Crippen molar-refractivity contribution in [2.45, 2.75) is 32.7 Å². The molecule has 0 saturated carbocycles. The molecule has 2 aromatic heterocycles. The highest BCUT2D eigenvalue weighted by Crippen LogP contribution is 2.22. The van der Waals surface area contributed by atoms with E-state index < -0.39 is 0 Å². The molecule has 1 aliphatic heterocycles. The first-order valence-electron chi connectivity index (χ1n) is 10.5. The second kappa shape index (κ2) is 9.78. The maximum atomic E-state index is 13.2. The Balaban J connectivity index is 1.50. The lowest BCUT2D eigenvalue weighted by Crippen LogP contribution is -2.30.